The minimum atomic E-state index is -0.164. The van der Waals surface area contributed by atoms with Crippen molar-refractivity contribution < 1.29 is 4.39 Å². The molecule has 1 rings (SSSR count). The average molecular weight is 266 g/mol. The lowest BCUT2D eigenvalue weighted by Crippen LogP contribution is -2.33. The number of rotatable bonds is 7. The van der Waals surface area contributed by atoms with Gasteiger partial charge in [0.2, 0.25) is 0 Å². The lowest BCUT2D eigenvalue weighted by Gasteiger charge is -2.29. The second-order valence-corrected chi connectivity index (χ2v) is 5.66. The van der Waals surface area contributed by atoms with Crippen LogP contribution >= 0.6 is 0 Å². The molecule has 2 atom stereocenters. The van der Waals surface area contributed by atoms with Gasteiger partial charge in [0.05, 0.1) is 0 Å². The Morgan fingerprint density at radius 1 is 1.32 bits per heavy atom. The second kappa shape index (κ2) is 7.61. The maximum atomic E-state index is 13.3. The van der Waals surface area contributed by atoms with E-state index in [0.29, 0.717) is 5.92 Å². The minimum absolute atomic E-state index is 0.164. The topological polar surface area (TPSA) is 29.3 Å². The predicted octanol–water partition coefficient (Wildman–Crippen LogP) is 3.58. The van der Waals surface area contributed by atoms with Gasteiger partial charge in [-0.25, -0.2) is 4.39 Å². The van der Waals surface area contributed by atoms with Gasteiger partial charge in [0, 0.05) is 12.1 Å². The van der Waals surface area contributed by atoms with E-state index in [4.69, 9.17) is 5.73 Å². The molecule has 0 saturated carbocycles. The maximum Gasteiger partial charge on any atom is 0.123 e. The molecule has 19 heavy (non-hydrogen) atoms. The summed E-state index contributed by atoms with van der Waals surface area (Å²) in [6.45, 7) is 7.37. The van der Waals surface area contributed by atoms with Gasteiger partial charge in [0.15, 0.2) is 0 Å². The fourth-order valence-corrected chi connectivity index (χ4v) is 2.36. The van der Waals surface area contributed by atoms with Crippen LogP contribution in [0, 0.1) is 11.7 Å². The van der Waals surface area contributed by atoms with E-state index in [1.165, 1.54) is 6.07 Å². The minimum Gasteiger partial charge on any atom is -0.327 e. The van der Waals surface area contributed by atoms with E-state index >= 15 is 0 Å². The maximum absolute atomic E-state index is 13.3. The van der Waals surface area contributed by atoms with Crippen LogP contribution in [0.15, 0.2) is 24.3 Å². The number of hydrogen-bond acceptors (Lipinski definition) is 2. The van der Waals surface area contributed by atoms with Crippen LogP contribution < -0.4 is 5.73 Å². The molecule has 0 amide bonds. The van der Waals surface area contributed by atoms with Crippen molar-refractivity contribution in [2.45, 2.75) is 45.7 Å². The number of halogens is 1. The van der Waals surface area contributed by atoms with Gasteiger partial charge < -0.3 is 5.73 Å². The molecule has 0 saturated heterocycles. The first kappa shape index (κ1) is 16.1. The monoisotopic (exact) mass is 266 g/mol. The van der Waals surface area contributed by atoms with E-state index in [1.54, 1.807) is 12.1 Å². The summed E-state index contributed by atoms with van der Waals surface area (Å²) in [5.41, 5.74) is 7.13. The van der Waals surface area contributed by atoms with Crippen molar-refractivity contribution in [1.82, 2.24) is 4.90 Å². The molecule has 2 unspecified atom stereocenters. The van der Waals surface area contributed by atoms with Gasteiger partial charge in [-0.1, -0.05) is 32.9 Å². The highest BCUT2D eigenvalue weighted by Gasteiger charge is 2.17. The summed E-state index contributed by atoms with van der Waals surface area (Å²) >= 11 is 0. The summed E-state index contributed by atoms with van der Waals surface area (Å²) in [6.07, 6.45) is 1.94. The fourth-order valence-electron chi connectivity index (χ4n) is 2.36. The Bertz CT molecular complexity index is 379. The molecular formula is C16H27FN2. The quantitative estimate of drug-likeness (QED) is 0.817. The van der Waals surface area contributed by atoms with E-state index < -0.39 is 0 Å². The molecule has 1 aromatic carbocycles. The Hall–Kier alpha value is -0.930. The first-order valence-electron chi connectivity index (χ1n) is 7.17. The molecular weight excluding hydrogens is 239 g/mol. The molecule has 0 aliphatic rings. The number of nitrogens with two attached hydrogens (primary N) is 1. The first-order chi connectivity index (χ1) is 8.95. The van der Waals surface area contributed by atoms with Crippen LogP contribution in [0.3, 0.4) is 0 Å². The van der Waals surface area contributed by atoms with Crippen molar-refractivity contribution in [2.24, 2.45) is 11.7 Å². The van der Waals surface area contributed by atoms with Gasteiger partial charge in [-0.05, 0) is 50.0 Å². The van der Waals surface area contributed by atoms with Crippen molar-refractivity contribution in [3.05, 3.63) is 35.6 Å². The molecule has 0 aromatic heterocycles. The van der Waals surface area contributed by atoms with Crippen LogP contribution in [0.25, 0.3) is 0 Å². The van der Waals surface area contributed by atoms with Crippen LogP contribution in [0.4, 0.5) is 4.39 Å². The van der Waals surface area contributed by atoms with E-state index in [0.717, 1.165) is 24.9 Å². The Labute approximate surface area is 116 Å². The van der Waals surface area contributed by atoms with Crippen molar-refractivity contribution in [3.8, 4) is 0 Å². The van der Waals surface area contributed by atoms with Crippen molar-refractivity contribution in [1.29, 1.82) is 0 Å². The molecule has 0 spiro atoms. The summed E-state index contributed by atoms with van der Waals surface area (Å²) in [7, 11) is 2.09. The zero-order valence-corrected chi connectivity index (χ0v) is 12.6. The summed E-state index contributed by atoms with van der Waals surface area (Å²) in [5.74, 6) is 0.339. The zero-order valence-electron chi connectivity index (χ0n) is 12.6. The van der Waals surface area contributed by atoms with Gasteiger partial charge in [0.25, 0.3) is 0 Å². The fraction of sp³-hybridized carbons (Fsp3) is 0.625. The van der Waals surface area contributed by atoms with Gasteiger partial charge in [-0.3, -0.25) is 4.90 Å². The molecule has 0 radical (unpaired) electrons. The lowest BCUT2D eigenvalue weighted by molar-refractivity contribution is 0.223. The molecule has 0 fully saturated rings. The largest absolute Gasteiger partial charge is 0.327 e. The first-order valence-corrected chi connectivity index (χ1v) is 7.17. The smallest absolute Gasteiger partial charge is 0.123 e. The standard InChI is InChI=1S/C16H27FN2/c1-5-16(13-7-6-8-14(17)11-13)19(4)10-9-15(18)12(2)3/h6-8,11-12,15-16H,5,9-10,18H2,1-4H3. The number of hydrogen-bond donors (Lipinski definition) is 1. The Balaban J connectivity index is 2.64. The summed E-state index contributed by atoms with van der Waals surface area (Å²) < 4.78 is 13.3. The van der Waals surface area contributed by atoms with Crippen LogP contribution in [0.1, 0.15) is 45.2 Å². The summed E-state index contributed by atoms with van der Waals surface area (Å²) in [4.78, 5) is 2.27. The molecule has 0 aliphatic carbocycles. The van der Waals surface area contributed by atoms with Crippen molar-refractivity contribution in [3.63, 3.8) is 0 Å². The summed E-state index contributed by atoms with van der Waals surface area (Å²) in [5, 5.41) is 0. The summed E-state index contributed by atoms with van der Waals surface area (Å²) in [6, 6.07) is 7.39. The van der Waals surface area contributed by atoms with E-state index in [9.17, 15) is 4.39 Å². The number of nitrogens with zero attached hydrogens (tertiary/aromatic N) is 1. The lowest BCUT2D eigenvalue weighted by atomic mass is 9.99. The van der Waals surface area contributed by atoms with Gasteiger partial charge in [-0.2, -0.15) is 0 Å². The highest BCUT2D eigenvalue weighted by atomic mass is 19.1. The van der Waals surface area contributed by atoms with Crippen LogP contribution in [-0.2, 0) is 0 Å². The van der Waals surface area contributed by atoms with E-state index in [1.807, 2.05) is 6.07 Å². The molecule has 1 aromatic rings. The molecule has 0 heterocycles. The third-order valence-corrected chi connectivity index (χ3v) is 3.82. The third-order valence-electron chi connectivity index (χ3n) is 3.82. The molecule has 108 valence electrons. The predicted molar refractivity (Wildman–Crippen MR) is 79.5 cm³/mol. The van der Waals surface area contributed by atoms with E-state index in [-0.39, 0.29) is 17.9 Å². The molecule has 2 nitrogen and oxygen atoms in total. The van der Waals surface area contributed by atoms with Crippen molar-refractivity contribution in [2.75, 3.05) is 13.6 Å². The van der Waals surface area contributed by atoms with Crippen LogP contribution in [-0.4, -0.2) is 24.5 Å². The number of benzene rings is 1. The van der Waals surface area contributed by atoms with Gasteiger partial charge in [0.1, 0.15) is 5.82 Å². The highest BCUT2D eigenvalue weighted by Crippen LogP contribution is 2.23. The van der Waals surface area contributed by atoms with Gasteiger partial charge in [-0.15, -0.1) is 0 Å². The third kappa shape index (κ3) is 4.92. The average Bonchev–Trinajstić information content (AvgIpc) is 2.36. The molecule has 3 heteroatoms. The molecule has 0 bridgehead atoms. The van der Waals surface area contributed by atoms with Crippen LogP contribution in [0.2, 0.25) is 0 Å². The van der Waals surface area contributed by atoms with Gasteiger partial charge >= 0.3 is 0 Å². The normalized spacial score (nSPS) is 14.9. The Morgan fingerprint density at radius 2 is 2.00 bits per heavy atom. The second-order valence-electron chi connectivity index (χ2n) is 5.66. The SMILES string of the molecule is CCC(c1cccc(F)c1)N(C)CCC(N)C(C)C. The van der Waals surface area contributed by atoms with Crippen molar-refractivity contribution >= 4 is 0 Å². The van der Waals surface area contributed by atoms with Crippen LogP contribution in [0.5, 0.6) is 0 Å². The zero-order chi connectivity index (χ0) is 14.4. The highest BCUT2D eigenvalue weighted by molar-refractivity contribution is 5.20. The molecule has 0 aliphatic heterocycles. The Kier molecular flexibility index (Phi) is 6.46. The Morgan fingerprint density at radius 3 is 2.53 bits per heavy atom. The molecule has 2 N–H and O–H groups in total. The van der Waals surface area contributed by atoms with E-state index in [2.05, 4.69) is 32.7 Å².